The van der Waals surface area contributed by atoms with Crippen LogP contribution in [0, 0.1) is 0 Å². The highest BCUT2D eigenvalue weighted by Gasteiger charge is 2.38. The molecule has 0 amide bonds. The fourth-order valence-electron chi connectivity index (χ4n) is 3.24. The summed E-state index contributed by atoms with van der Waals surface area (Å²) in [5, 5.41) is 10.3. The Bertz CT molecular complexity index is 770. The van der Waals surface area contributed by atoms with E-state index >= 15 is 0 Å². The van der Waals surface area contributed by atoms with Gasteiger partial charge in [0, 0.05) is 5.41 Å². The van der Waals surface area contributed by atoms with Gasteiger partial charge in [0.2, 0.25) is 0 Å². The van der Waals surface area contributed by atoms with Crippen LogP contribution in [-0.4, -0.2) is 23.8 Å². The van der Waals surface area contributed by atoms with Crippen molar-refractivity contribution in [2.75, 3.05) is 0 Å². The zero-order chi connectivity index (χ0) is 17.8. The van der Waals surface area contributed by atoms with E-state index in [1.807, 2.05) is 13.8 Å². The Kier molecular flexibility index (Phi) is 3.93. The molecule has 24 heavy (non-hydrogen) atoms. The van der Waals surface area contributed by atoms with Crippen LogP contribution in [0.25, 0.3) is 11.1 Å². The van der Waals surface area contributed by atoms with Crippen molar-refractivity contribution in [1.29, 1.82) is 0 Å². The Hall–Kier alpha value is -1.58. The molecular formula is C21H26BO2. The van der Waals surface area contributed by atoms with Gasteiger partial charge in [0.15, 0.2) is 0 Å². The number of benzene rings is 2. The maximum Gasteiger partial charge on any atom is 0.331 e. The van der Waals surface area contributed by atoms with Crippen LogP contribution >= 0.6 is 0 Å². The van der Waals surface area contributed by atoms with Crippen molar-refractivity contribution >= 4 is 12.9 Å². The van der Waals surface area contributed by atoms with E-state index in [4.69, 9.17) is 4.65 Å². The lowest BCUT2D eigenvalue weighted by Gasteiger charge is -2.37. The second kappa shape index (κ2) is 5.47. The van der Waals surface area contributed by atoms with Crippen LogP contribution in [0.4, 0.5) is 0 Å². The average Bonchev–Trinajstić information content (AvgIpc) is 2.74. The third-order valence-electron chi connectivity index (χ3n) is 5.59. The molecule has 1 aliphatic rings. The van der Waals surface area contributed by atoms with Gasteiger partial charge in [0.05, 0.1) is 11.2 Å². The summed E-state index contributed by atoms with van der Waals surface area (Å²) in [5.74, 6) is 0. The van der Waals surface area contributed by atoms with Crippen LogP contribution in [0.2, 0.25) is 0 Å². The Morgan fingerprint density at radius 1 is 0.917 bits per heavy atom. The molecule has 0 bridgehead atoms. The summed E-state index contributed by atoms with van der Waals surface area (Å²) in [7, 11) is 1.80. The fraction of sp³-hybridized carbons (Fsp3) is 0.429. The minimum absolute atomic E-state index is 0.0124. The molecule has 2 aromatic rings. The van der Waals surface area contributed by atoms with E-state index in [1.54, 1.807) is 21.3 Å². The quantitative estimate of drug-likeness (QED) is 0.868. The molecular weight excluding hydrogens is 295 g/mol. The third-order valence-corrected chi connectivity index (χ3v) is 5.59. The summed E-state index contributed by atoms with van der Waals surface area (Å²) in [6.45, 7) is 11.9. The summed E-state index contributed by atoms with van der Waals surface area (Å²) in [4.78, 5) is 0. The Labute approximate surface area is 146 Å². The van der Waals surface area contributed by atoms with Crippen molar-refractivity contribution in [3.8, 4) is 11.1 Å². The van der Waals surface area contributed by atoms with E-state index < -0.39 is 11.2 Å². The first-order valence-electron chi connectivity index (χ1n) is 8.52. The molecule has 0 unspecified atom stereocenters. The number of rotatable bonds is 4. The first-order chi connectivity index (χ1) is 11.1. The Morgan fingerprint density at radius 2 is 1.54 bits per heavy atom. The van der Waals surface area contributed by atoms with Crippen LogP contribution in [-0.2, 0) is 10.1 Å². The molecule has 0 fully saturated rings. The second-order valence-electron chi connectivity index (χ2n) is 8.25. The van der Waals surface area contributed by atoms with Crippen LogP contribution in [0.1, 0.15) is 52.7 Å². The van der Waals surface area contributed by atoms with Crippen molar-refractivity contribution in [2.24, 2.45) is 0 Å². The first-order valence-corrected chi connectivity index (χ1v) is 8.52. The molecule has 2 nitrogen and oxygen atoms in total. The van der Waals surface area contributed by atoms with Gasteiger partial charge >= 0.3 is 7.48 Å². The van der Waals surface area contributed by atoms with Crippen LogP contribution < -0.4 is 5.46 Å². The molecule has 125 valence electrons. The van der Waals surface area contributed by atoms with Gasteiger partial charge in [0.1, 0.15) is 0 Å². The van der Waals surface area contributed by atoms with Crippen LogP contribution in [0.15, 0.2) is 42.5 Å². The molecule has 0 aromatic heterocycles. The highest BCUT2D eigenvalue weighted by atomic mass is 16.5. The average molecular weight is 321 g/mol. The van der Waals surface area contributed by atoms with E-state index in [1.165, 1.54) is 22.3 Å². The van der Waals surface area contributed by atoms with E-state index in [-0.39, 0.29) is 5.41 Å². The second-order valence-corrected chi connectivity index (χ2v) is 8.25. The number of aliphatic hydroxyl groups is 1. The lowest BCUT2D eigenvalue weighted by Crippen LogP contribution is -2.49. The standard InChI is InChI=1S/C21H26BO2/c1-19(2)15-11-8-7-10-14(15)18-16(19)12-9-13-17(18)22-24-21(5,6)20(3,4)23/h7-13,23H,1-6H3. The zero-order valence-corrected chi connectivity index (χ0v) is 15.5. The summed E-state index contributed by atoms with van der Waals surface area (Å²) < 4.78 is 6.01. The molecule has 1 N–H and O–H groups in total. The monoisotopic (exact) mass is 321 g/mol. The van der Waals surface area contributed by atoms with Crippen LogP contribution in [0.5, 0.6) is 0 Å². The van der Waals surface area contributed by atoms with Crippen molar-refractivity contribution in [2.45, 2.75) is 58.2 Å². The molecule has 2 aromatic carbocycles. The first kappa shape index (κ1) is 17.3. The Balaban J connectivity index is 2.02. The minimum atomic E-state index is -0.932. The lowest BCUT2D eigenvalue weighted by atomic mass is 9.77. The van der Waals surface area contributed by atoms with Gasteiger partial charge < -0.3 is 9.76 Å². The van der Waals surface area contributed by atoms with Crippen molar-refractivity contribution in [3.05, 3.63) is 53.6 Å². The SMILES string of the molecule is CC1(C)c2ccccc2-c2c([B]OC(C)(C)C(C)(C)O)cccc21. The number of hydrogen-bond donors (Lipinski definition) is 1. The van der Waals surface area contributed by atoms with E-state index in [0.717, 1.165) is 5.46 Å². The molecule has 3 heteroatoms. The molecule has 0 heterocycles. The van der Waals surface area contributed by atoms with Gasteiger partial charge in [-0.1, -0.05) is 56.3 Å². The van der Waals surface area contributed by atoms with Crippen molar-refractivity contribution in [3.63, 3.8) is 0 Å². The van der Waals surface area contributed by atoms with Crippen molar-refractivity contribution in [1.82, 2.24) is 0 Å². The summed E-state index contributed by atoms with van der Waals surface area (Å²) in [6, 6.07) is 14.9. The molecule has 1 radical (unpaired) electrons. The van der Waals surface area contributed by atoms with Gasteiger partial charge in [-0.3, -0.25) is 0 Å². The van der Waals surface area contributed by atoms with Gasteiger partial charge in [-0.05, 0) is 55.4 Å². The van der Waals surface area contributed by atoms with E-state index in [2.05, 4.69) is 56.3 Å². The molecule has 0 spiro atoms. The smallest absolute Gasteiger partial charge is 0.331 e. The topological polar surface area (TPSA) is 29.5 Å². The van der Waals surface area contributed by atoms with Gasteiger partial charge in [-0.15, -0.1) is 0 Å². The number of hydrogen-bond acceptors (Lipinski definition) is 2. The normalized spacial score (nSPS) is 15.8. The summed E-state index contributed by atoms with van der Waals surface area (Å²) >= 11 is 0. The van der Waals surface area contributed by atoms with Gasteiger partial charge in [-0.2, -0.15) is 0 Å². The third kappa shape index (κ3) is 2.60. The maximum absolute atomic E-state index is 10.3. The summed E-state index contributed by atoms with van der Waals surface area (Å²) in [6.07, 6.45) is 0. The minimum Gasteiger partial charge on any atom is -0.427 e. The maximum atomic E-state index is 10.3. The molecule has 0 saturated heterocycles. The predicted molar refractivity (Wildman–Crippen MR) is 101 cm³/mol. The fourth-order valence-corrected chi connectivity index (χ4v) is 3.24. The molecule has 1 aliphatic carbocycles. The zero-order valence-electron chi connectivity index (χ0n) is 15.5. The summed E-state index contributed by atoms with van der Waals surface area (Å²) in [5.41, 5.74) is 4.62. The van der Waals surface area contributed by atoms with Gasteiger partial charge in [0.25, 0.3) is 0 Å². The highest BCUT2D eigenvalue weighted by molar-refractivity contribution is 6.50. The Morgan fingerprint density at radius 3 is 2.21 bits per heavy atom. The van der Waals surface area contributed by atoms with E-state index in [9.17, 15) is 5.11 Å². The molecule has 0 atom stereocenters. The highest BCUT2D eigenvalue weighted by Crippen LogP contribution is 2.47. The number of fused-ring (bicyclic) bond motifs is 3. The van der Waals surface area contributed by atoms with Crippen LogP contribution in [0.3, 0.4) is 0 Å². The lowest BCUT2D eigenvalue weighted by molar-refractivity contribution is -0.0893. The van der Waals surface area contributed by atoms with Gasteiger partial charge in [-0.25, -0.2) is 0 Å². The molecule has 0 aliphatic heterocycles. The van der Waals surface area contributed by atoms with E-state index in [0.29, 0.717) is 0 Å². The predicted octanol–water partition coefficient (Wildman–Crippen LogP) is 3.80. The largest absolute Gasteiger partial charge is 0.427 e. The molecule has 0 saturated carbocycles. The molecule has 3 rings (SSSR count). The van der Waals surface area contributed by atoms with Crippen molar-refractivity contribution < 1.29 is 9.76 Å².